The Morgan fingerprint density at radius 1 is 1.55 bits per heavy atom. The van der Waals surface area contributed by atoms with Gasteiger partial charge in [0.1, 0.15) is 11.1 Å². The quantitative estimate of drug-likeness (QED) is 0.830. The lowest BCUT2D eigenvalue weighted by Gasteiger charge is -2.17. The SMILES string of the molecule is CC1CCc2c(sc(NC(=O)C(Br)C(C)C)c2C#N)C1. The van der Waals surface area contributed by atoms with E-state index in [-0.39, 0.29) is 16.7 Å². The van der Waals surface area contributed by atoms with Crippen LogP contribution in [-0.4, -0.2) is 10.7 Å². The maximum atomic E-state index is 12.1. The molecule has 1 aromatic heterocycles. The van der Waals surface area contributed by atoms with E-state index in [9.17, 15) is 10.1 Å². The zero-order chi connectivity index (χ0) is 14.9. The fourth-order valence-electron chi connectivity index (χ4n) is 2.44. The first-order chi connectivity index (χ1) is 9.43. The second kappa shape index (κ2) is 6.28. The van der Waals surface area contributed by atoms with Gasteiger partial charge in [0.15, 0.2) is 0 Å². The molecule has 3 nitrogen and oxygen atoms in total. The molecule has 0 radical (unpaired) electrons. The van der Waals surface area contributed by atoms with Crippen LogP contribution in [0.1, 0.15) is 43.2 Å². The lowest BCUT2D eigenvalue weighted by Crippen LogP contribution is -2.26. The number of thiophene rings is 1. The number of anilines is 1. The Morgan fingerprint density at radius 2 is 2.25 bits per heavy atom. The number of fused-ring (bicyclic) bond motifs is 1. The highest BCUT2D eigenvalue weighted by Crippen LogP contribution is 2.39. The zero-order valence-electron chi connectivity index (χ0n) is 12.0. The topological polar surface area (TPSA) is 52.9 Å². The molecule has 0 bridgehead atoms. The Kier molecular flexibility index (Phi) is 4.87. The van der Waals surface area contributed by atoms with Crippen molar-refractivity contribution in [2.75, 3.05) is 5.32 Å². The summed E-state index contributed by atoms with van der Waals surface area (Å²) < 4.78 is 0. The van der Waals surface area contributed by atoms with Gasteiger partial charge in [0.05, 0.1) is 10.4 Å². The van der Waals surface area contributed by atoms with Crippen molar-refractivity contribution in [3.05, 3.63) is 16.0 Å². The third-order valence-corrected chi connectivity index (χ3v) is 6.34. The molecule has 1 aliphatic rings. The number of carbonyl (C=O) groups is 1. The number of nitriles is 1. The summed E-state index contributed by atoms with van der Waals surface area (Å²) in [5.41, 5.74) is 1.83. The summed E-state index contributed by atoms with van der Waals surface area (Å²) in [6.07, 6.45) is 3.10. The average molecular weight is 355 g/mol. The van der Waals surface area contributed by atoms with Gasteiger partial charge in [-0.1, -0.05) is 36.7 Å². The molecule has 0 aliphatic heterocycles. The van der Waals surface area contributed by atoms with Crippen molar-refractivity contribution in [3.63, 3.8) is 0 Å². The molecule has 1 N–H and O–H groups in total. The Balaban J connectivity index is 2.25. The van der Waals surface area contributed by atoms with Crippen molar-refractivity contribution in [2.24, 2.45) is 11.8 Å². The Morgan fingerprint density at radius 3 is 2.85 bits per heavy atom. The number of hydrogen-bond donors (Lipinski definition) is 1. The summed E-state index contributed by atoms with van der Waals surface area (Å²) in [7, 11) is 0. The molecule has 0 saturated heterocycles. The van der Waals surface area contributed by atoms with Crippen LogP contribution < -0.4 is 5.32 Å². The van der Waals surface area contributed by atoms with Gasteiger partial charge in [-0.3, -0.25) is 4.79 Å². The van der Waals surface area contributed by atoms with Gasteiger partial charge in [-0.25, -0.2) is 0 Å². The van der Waals surface area contributed by atoms with Crippen molar-refractivity contribution in [1.82, 2.24) is 0 Å². The third-order valence-electron chi connectivity index (χ3n) is 3.70. The molecule has 0 fully saturated rings. The van der Waals surface area contributed by atoms with E-state index in [1.54, 1.807) is 11.3 Å². The van der Waals surface area contributed by atoms with Crippen LogP contribution in [0.5, 0.6) is 0 Å². The number of hydrogen-bond acceptors (Lipinski definition) is 3. The summed E-state index contributed by atoms with van der Waals surface area (Å²) in [6, 6.07) is 2.27. The molecule has 2 unspecified atom stereocenters. The Hall–Kier alpha value is -0.860. The minimum atomic E-state index is -0.230. The van der Waals surface area contributed by atoms with E-state index in [1.807, 2.05) is 13.8 Å². The number of nitrogens with one attached hydrogen (secondary N) is 1. The van der Waals surface area contributed by atoms with Crippen molar-refractivity contribution >= 4 is 38.2 Å². The normalized spacial score (nSPS) is 19.3. The third kappa shape index (κ3) is 3.07. The van der Waals surface area contributed by atoms with Crippen LogP contribution in [0.3, 0.4) is 0 Å². The highest BCUT2D eigenvalue weighted by atomic mass is 79.9. The standard InChI is InChI=1S/C15H19BrN2OS/c1-8(2)13(16)14(19)18-15-11(7-17)10-5-4-9(3)6-12(10)20-15/h8-9,13H,4-6H2,1-3H3,(H,18,19). The first kappa shape index (κ1) is 15.5. The van der Waals surface area contributed by atoms with Gasteiger partial charge in [-0.2, -0.15) is 5.26 Å². The number of halogens is 1. The summed E-state index contributed by atoms with van der Waals surface area (Å²) in [5.74, 6) is 0.814. The fraction of sp³-hybridized carbons (Fsp3) is 0.600. The van der Waals surface area contributed by atoms with Crippen molar-refractivity contribution in [3.8, 4) is 6.07 Å². The van der Waals surface area contributed by atoms with Gasteiger partial charge in [0.2, 0.25) is 5.91 Å². The van der Waals surface area contributed by atoms with Gasteiger partial charge in [0, 0.05) is 4.88 Å². The highest BCUT2D eigenvalue weighted by Gasteiger charge is 2.26. The number of amides is 1. The molecular weight excluding hydrogens is 336 g/mol. The lowest BCUT2D eigenvalue weighted by molar-refractivity contribution is -0.116. The molecule has 0 spiro atoms. The van der Waals surface area contributed by atoms with E-state index in [2.05, 4.69) is 34.2 Å². The Bertz CT molecular complexity index is 559. The van der Waals surface area contributed by atoms with Gasteiger partial charge < -0.3 is 5.32 Å². The van der Waals surface area contributed by atoms with Crippen LogP contribution >= 0.6 is 27.3 Å². The molecule has 2 rings (SSSR count). The summed E-state index contributed by atoms with van der Waals surface area (Å²) in [6.45, 7) is 6.22. The molecular formula is C15H19BrN2OS. The number of rotatable bonds is 3. The first-order valence-corrected chi connectivity index (χ1v) is 8.66. The van der Waals surface area contributed by atoms with Crippen molar-refractivity contribution in [1.29, 1.82) is 5.26 Å². The number of carbonyl (C=O) groups excluding carboxylic acids is 1. The second-order valence-corrected chi connectivity index (χ2v) is 7.89. The van der Waals surface area contributed by atoms with E-state index in [0.717, 1.165) is 29.8 Å². The largest absolute Gasteiger partial charge is 0.316 e. The van der Waals surface area contributed by atoms with Crippen LogP contribution in [0.4, 0.5) is 5.00 Å². The number of nitrogens with zero attached hydrogens (tertiary/aromatic N) is 1. The monoisotopic (exact) mass is 354 g/mol. The van der Waals surface area contributed by atoms with Crippen LogP contribution in [0, 0.1) is 23.2 Å². The summed E-state index contributed by atoms with van der Waals surface area (Å²) >= 11 is 4.98. The van der Waals surface area contributed by atoms with Crippen molar-refractivity contribution < 1.29 is 4.79 Å². The lowest BCUT2D eigenvalue weighted by atomic mass is 9.88. The van der Waals surface area contributed by atoms with E-state index in [0.29, 0.717) is 11.5 Å². The summed E-state index contributed by atoms with van der Waals surface area (Å²) in [4.78, 5) is 13.2. The minimum absolute atomic E-state index is 0.0665. The predicted molar refractivity (Wildman–Crippen MR) is 86.4 cm³/mol. The molecule has 2 atom stereocenters. The van der Waals surface area contributed by atoms with Gasteiger partial charge in [-0.15, -0.1) is 11.3 Å². The average Bonchev–Trinajstić information content (AvgIpc) is 2.73. The molecule has 1 aliphatic carbocycles. The summed E-state index contributed by atoms with van der Waals surface area (Å²) in [5, 5.41) is 13.0. The van der Waals surface area contributed by atoms with E-state index in [1.165, 1.54) is 4.88 Å². The van der Waals surface area contributed by atoms with Gasteiger partial charge in [-0.05, 0) is 36.7 Å². The predicted octanol–water partition coefficient (Wildman–Crippen LogP) is 4.10. The van der Waals surface area contributed by atoms with Gasteiger partial charge in [0.25, 0.3) is 0 Å². The molecule has 20 heavy (non-hydrogen) atoms. The van der Waals surface area contributed by atoms with E-state index in [4.69, 9.17) is 0 Å². The highest BCUT2D eigenvalue weighted by molar-refractivity contribution is 9.10. The number of alkyl halides is 1. The first-order valence-electron chi connectivity index (χ1n) is 6.93. The van der Waals surface area contributed by atoms with E-state index < -0.39 is 0 Å². The maximum Gasteiger partial charge on any atom is 0.239 e. The zero-order valence-corrected chi connectivity index (χ0v) is 14.4. The van der Waals surface area contributed by atoms with Crippen molar-refractivity contribution in [2.45, 2.75) is 44.9 Å². The molecule has 108 valence electrons. The fourth-order valence-corrected chi connectivity index (χ4v) is 3.92. The smallest absolute Gasteiger partial charge is 0.239 e. The van der Waals surface area contributed by atoms with Gasteiger partial charge >= 0.3 is 0 Å². The van der Waals surface area contributed by atoms with E-state index >= 15 is 0 Å². The molecule has 1 heterocycles. The maximum absolute atomic E-state index is 12.1. The molecule has 0 saturated carbocycles. The molecule has 1 amide bonds. The van der Waals surface area contributed by atoms with Crippen LogP contribution in [-0.2, 0) is 17.6 Å². The molecule has 0 aromatic carbocycles. The Labute approximate surface area is 132 Å². The molecule has 1 aromatic rings. The van der Waals surface area contributed by atoms with Crippen LogP contribution in [0.15, 0.2) is 0 Å². The van der Waals surface area contributed by atoms with Crippen LogP contribution in [0.2, 0.25) is 0 Å². The second-order valence-electron chi connectivity index (χ2n) is 5.80. The minimum Gasteiger partial charge on any atom is -0.316 e. The van der Waals surface area contributed by atoms with Crippen LogP contribution in [0.25, 0.3) is 0 Å². The molecule has 5 heteroatoms.